The first-order chi connectivity index (χ1) is 7.18. The highest BCUT2D eigenvalue weighted by Crippen LogP contribution is 2.30. The van der Waals surface area contributed by atoms with Crippen LogP contribution in [0.25, 0.3) is 10.9 Å². The number of benzene rings is 1. The van der Waals surface area contributed by atoms with Gasteiger partial charge in [-0.15, -0.1) is 0 Å². The minimum atomic E-state index is -2.87. The Hall–Kier alpha value is -1.91. The molecule has 0 amide bonds. The van der Waals surface area contributed by atoms with Gasteiger partial charge in [0, 0.05) is 11.6 Å². The molecule has 15 heavy (non-hydrogen) atoms. The van der Waals surface area contributed by atoms with E-state index in [1.165, 1.54) is 6.07 Å². The molecule has 0 atom stereocenters. The fourth-order valence-corrected chi connectivity index (χ4v) is 1.35. The number of pyridine rings is 1. The van der Waals surface area contributed by atoms with E-state index >= 15 is 0 Å². The molecule has 0 spiro atoms. The fourth-order valence-electron chi connectivity index (χ4n) is 1.35. The Morgan fingerprint density at radius 1 is 1.27 bits per heavy atom. The summed E-state index contributed by atoms with van der Waals surface area (Å²) in [6.07, 6.45) is 1.61. The lowest BCUT2D eigenvalue weighted by atomic mass is 10.2. The molecule has 0 saturated carbocycles. The van der Waals surface area contributed by atoms with Crippen molar-refractivity contribution in [2.75, 3.05) is 5.73 Å². The summed E-state index contributed by atoms with van der Waals surface area (Å²) in [4.78, 5) is 4.04. The van der Waals surface area contributed by atoms with Gasteiger partial charge in [-0.25, -0.2) is 0 Å². The molecule has 2 N–H and O–H groups in total. The predicted octanol–water partition coefficient (Wildman–Crippen LogP) is 2.42. The van der Waals surface area contributed by atoms with Gasteiger partial charge in [0.25, 0.3) is 0 Å². The molecule has 0 fully saturated rings. The number of fused-ring (bicyclic) bond motifs is 1. The normalized spacial score (nSPS) is 10.9. The van der Waals surface area contributed by atoms with Crippen LogP contribution in [0, 0.1) is 0 Å². The highest BCUT2D eigenvalue weighted by molar-refractivity contribution is 5.93. The lowest BCUT2D eigenvalue weighted by Gasteiger charge is -2.09. The number of rotatable bonds is 2. The summed E-state index contributed by atoms with van der Waals surface area (Å²) in [6.45, 7) is -2.87. The molecule has 3 nitrogen and oxygen atoms in total. The summed E-state index contributed by atoms with van der Waals surface area (Å²) in [6, 6.07) is 6.36. The summed E-state index contributed by atoms with van der Waals surface area (Å²) < 4.78 is 28.3. The van der Waals surface area contributed by atoms with Gasteiger partial charge in [0.15, 0.2) is 0 Å². The van der Waals surface area contributed by atoms with Gasteiger partial charge in [-0.3, -0.25) is 4.98 Å². The Bertz CT molecular complexity index is 488. The molecular formula is C10H8F2N2O. The van der Waals surface area contributed by atoms with Crippen LogP contribution in [0.5, 0.6) is 5.75 Å². The van der Waals surface area contributed by atoms with Gasteiger partial charge in [-0.1, -0.05) is 0 Å². The topological polar surface area (TPSA) is 48.1 Å². The average Bonchev–Trinajstić information content (AvgIpc) is 2.22. The molecule has 0 bridgehead atoms. The smallest absolute Gasteiger partial charge is 0.387 e. The van der Waals surface area contributed by atoms with Crippen molar-refractivity contribution in [1.29, 1.82) is 0 Å². The summed E-state index contributed by atoms with van der Waals surface area (Å²) >= 11 is 0. The molecule has 1 aromatic heterocycles. The second-order valence-electron chi connectivity index (χ2n) is 2.93. The third-order valence-corrected chi connectivity index (χ3v) is 2.00. The molecular weight excluding hydrogens is 202 g/mol. The van der Waals surface area contributed by atoms with Crippen LogP contribution in [0.4, 0.5) is 14.5 Å². The number of nitrogens with zero attached hydrogens (tertiary/aromatic N) is 1. The molecule has 0 unspecified atom stereocenters. The largest absolute Gasteiger partial charge is 0.433 e. The maximum atomic E-state index is 12.0. The molecule has 0 radical (unpaired) electrons. The number of ether oxygens (including phenoxy) is 1. The van der Waals surface area contributed by atoms with Gasteiger partial charge in [0.05, 0.1) is 11.2 Å². The van der Waals surface area contributed by atoms with Crippen molar-refractivity contribution in [2.24, 2.45) is 0 Å². The maximum Gasteiger partial charge on any atom is 0.387 e. The molecule has 0 aliphatic carbocycles. The maximum absolute atomic E-state index is 12.0. The molecule has 1 aromatic carbocycles. The zero-order valence-electron chi connectivity index (χ0n) is 7.65. The van der Waals surface area contributed by atoms with Gasteiger partial charge in [-0.2, -0.15) is 8.78 Å². The highest BCUT2D eigenvalue weighted by atomic mass is 19.3. The average molecular weight is 210 g/mol. The predicted molar refractivity (Wildman–Crippen MR) is 52.8 cm³/mol. The van der Waals surface area contributed by atoms with Gasteiger partial charge < -0.3 is 10.5 Å². The van der Waals surface area contributed by atoms with Crippen LogP contribution in [-0.2, 0) is 0 Å². The first kappa shape index (κ1) is 9.64. The number of halogens is 2. The summed E-state index contributed by atoms with van der Waals surface area (Å²) in [5.41, 5.74) is 6.50. The molecule has 0 aliphatic rings. The molecule has 0 saturated heterocycles. The number of hydrogen-bond acceptors (Lipinski definition) is 3. The molecule has 0 aliphatic heterocycles. The zero-order chi connectivity index (χ0) is 10.8. The number of hydrogen-bond donors (Lipinski definition) is 1. The second-order valence-corrected chi connectivity index (χ2v) is 2.93. The van der Waals surface area contributed by atoms with Crippen LogP contribution in [0.15, 0.2) is 30.5 Å². The van der Waals surface area contributed by atoms with E-state index < -0.39 is 6.61 Å². The first-order valence-electron chi connectivity index (χ1n) is 4.26. The molecule has 78 valence electrons. The third-order valence-electron chi connectivity index (χ3n) is 2.00. The van der Waals surface area contributed by atoms with E-state index in [1.54, 1.807) is 24.4 Å². The van der Waals surface area contributed by atoms with Crippen molar-refractivity contribution in [2.45, 2.75) is 6.61 Å². The lowest BCUT2D eigenvalue weighted by molar-refractivity contribution is -0.0492. The van der Waals surface area contributed by atoms with Crippen molar-refractivity contribution in [3.8, 4) is 5.75 Å². The molecule has 2 aromatic rings. The van der Waals surface area contributed by atoms with Crippen molar-refractivity contribution >= 4 is 16.6 Å². The Labute approximate surface area is 84.5 Å². The molecule has 5 heteroatoms. The van der Waals surface area contributed by atoms with E-state index in [9.17, 15) is 8.78 Å². The van der Waals surface area contributed by atoms with Gasteiger partial charge in [0.1, 0.15) is 5.75 Å². The number of aromatic nitrogens is 1. The Morgan fingerprint density at radius 3 is 2.80 bits per heavy atom. The van der Waals surface area contributed by atoms with Crippen LogP contribution in [0.1, 0.15) is 0 Å². The van der Waals surface area contributed by atoms with Crippen molar-refractivity contribution in [3.05, 3.63) is 30.5 Å². The molecule has 1 heterocycles. The zero-order valence-corrected chi connectivity index (χ0v) is 7.65. The van der Waals surface area contributed by atoms with E-state index in [1.807, 2.05) is 0 Å². The van der Waals surface area contributed by atoms with E-state index in [-0.39, 0.29) is 11.4 Å². The molecule has 2 rings (SSSR count). The first-order valence-corrected chi connectivity index (χ1v) is 4.26. The third kappa shape index (κ3) is 1.81. The number of anilines is 1. The lowest BCUT2D eigenvalue weighted by Crippen LogP contribution is -2.04. The Morgan fingerprint density at radius 2 is 2.07 bits per heavy atom. The Balaban J connectivity index is 2.55. The highest BCUT2D eigenvalue weighted by Gasteiger charge is 2.10. The number of alkyl halides is 2. The number of nitrogens with two attached hydrogens (primary N) is 1. The SMILES string of the molecule is Nc1c(OC(F)F)ccc2ncccc12. The fraction of sp³-hybridized carbons (Fsp3) is 0.100. The quantitative estimate of drug-likeness (QED) is 0.774. The summed E-state index contributed by atoms with van der Waals surface area (Å²) in [7, 11) is 0. The summed E-state index contributed by atoms with van der Waals surface area (Å²) in [5, 5.41) is 0.607. The van der Waals surface area contributed by atoms with E-state index in [2.05, 4.69) is 9.72 Å². The Kier molecular flexibility index (Phi) is 2.37. The van der Waals surface area contributed by atoms with Gasteiger partial charge >= 0.3 is 6.61 Å². The van der Waals surface area contributed by atoms with Crippen LogP contribution in [0.3, 0.4) is 0 Å². The summed E-state index contributed by atoms with van der Waals surface area (Å²) in [5.74, 6) is -0.0227. The van der Waals surface area contributed by atoms with Crippen LogP contribution >= 0.6 is 0 Å². The standard InChI is InChI=1S/C10H8F2N2O/c11-10(12)15-8-4-3-7-6(9(8)13)2-1-5-14-7/h1-5,10H,13H2. The minimum Gasteiger partial charge on any atom is -0.433 e. The van der Waals surface area contributed by atoms with Crippen LogP contribution in [-0.4, -0.2) is 11.6 Å². The van der Waals surface area contributed by atoms with E-state index in [0.717, 1.165) is 0 Å². The van der Waals surface area contributed by atoms with Gasteiger partial charge in [-0.05, 0) is 24.3 Å². The van der Waals surface area contributed by atoms with Crippen molar-refractivity contribution < 1.29 is 13.5 Å². The van der Waals surface area contributed by atoms with E-state index in [0.29, 0.717) is 10.9 Å². The van der Waals surface area contributed by atoms with Crippen LogP contribution in [0.2, 0.25) is 0 Å². The van der Waals surface area contributed by atoms with Gasteiger partial charge in [0.2, 0.25) is 0 Å². The second kappa shape index (κ2) is 3.68. The van der Waals surface area contributed by atoms with Crippen LogP contribution < -0.4 is 10.5 Å². The van der Waals surface area contributed by atoms with E-state index in [4.69, 9.17) is 5.73 Å². The number of nitrogen functional groups attached to an aromatic ring is 1. The minimum absolute atomic E-state index is 0.0227. The monoisotopic (exact) mass is 210 g/mol. The van der Waals surface area contributed by atoms with Crippen molar-refractivity contribution in [3.63, 3.8) is 0 Å². The van der Waals surface area contributed by atoms with Crippen molar-refractivity contribution in [1.82, 2.24) is 4.98 Å².